The maximum atomic E-state index is 10.4. The number of para-hydroxylation sites is 1. The normalized spacial score (nSPS) is 12.0. The maximum absolute atomic E-state index is 10.4. The molecule has 0 saturated heterocycles. The minimum atomic E-state index is -0.674. The summed E-state index contributed by atoms with van der Waals surface area (Å²) in [6.45, 7) is 2.07. The summed E-state index contributed by atoms with van der Waals surface area (Å²) in [5.74, 6) is 3.31. The lowest BCUT2D eigenvalue weighted by atomic mass is 10.2. The maximum Gasteiger partial charge on any atom is 0.196 e. The largest absolute Gasteiger partial charge is 0.497 e. The highest BCUT2D eigenvalue weighted by Gasteiger charge is 2.20. The van der Waals surface area contributed by atoms with Gasteiger partial charge < -0.3 is 19.0 Å². The van der Waals surface area contributed by atoms with Crippen LogP contribution < -0.4 is 9.47 Å². The molecule has 31 heavy (non-hydrogen) atoms. The fourth-order valence-electron chi connectivity index (χ4n) is 3.05. The summed E-state index contributed by atoms with van der Waals surface area (Å²) in [7, 11) is 1.62. The highest BCUT2D eigenvalue weighted by molar-refractivity contribution is 7.99. The molecule has 2 aromatic heterocycles. The van der Waals surface area contributed by atoms with Crippen LogP contribution in [0.2, 0.25) is 0 Å². The molecule has 2 aromatic carbocycles. The number of aromatic nitrogens is 3. The van der Waals surface area contributed by atoms with E-state index in [2.05, 4.69) is 10.2 Å². The van der Waals surface area contributed by atoms with Crippen molar-refractivity contribution in [1.82, 2.24) is 14.8 Å². The highest BCUT2D eigenvalue weighted by Crippen LogP contribution is 2.30. The molecule has 0 saturated carbocycles. The zero-order valence-corrected chi connectivity index (χ0v) is 18.1. The second-order valence-electron chi connectivity index (χ2n) is 6.82. The molecule has 0 fully saturated rings. The fourth-order valence-corrected chi connectivity index (χ4v) is 3.91. The number of furan rings is 1. The number of rotatable bonds is 9. The number of ether oxygens (including phenoxy) is 2. The topological polar surface area (TPSA) is 82.5 Å². The Hall–Kier alpha value is -3.23. The van der Waals surface area contributed by atoms with Gasteiger partial charge in [-0.25, -0.2) is 0 Å². The van der Waals surface area contributed by atoms with E-state index in [1.54, 1.807) is 13.4 Å². The van der Waals surface area contributed by atoms with E-state index in [1.807, 2.05) is 72.2 Å². The molecule has 4 rings (SSSR count). The molecule has 0 aliphatic rings. The number of hydrogen-bond acceptors (Lipinski definition) is 7. The Morgan fingerprint density at radius 1 is 1.03 bits per heavy atom. The minimum absolute atomic E-state index is 0.173. The van der Waals surface area contributed by atoms with Gasteiger partial charge in [-0.1, -0.05) is 30.0 Å². The van der Waals surface area contributed by atoms with Crippen molar-refractivity contribution in [2.45, 2.75) is 18.2 Å². The minimum Gasteiger partial charge on any atom is -0.497 e. The lowest BCUT2D eigenvalue weighted by molar-refractivity contribution is 0.126. The van der Waals surface area contributed by atoms with E-state index in [9.17, 15) is 5.11 Å². The third-order valence-corrected chi connectivity index (χ3v) is 5.73. The van der Waals surface area contributed by atoms with E-state index in [1.165, 1.54) is 11.8 Å². The van der Waals surface area contributed by atoms with E-state index < -0.39 is 6.10 Å². The van der Waals surface area contributed by atoms with Crippen LogP contribution in [0.1, 0.15) is 5.76 Å². The second kappa shape index (κ2) is 9.72. The van der Waals surface area contributed by atoms with Crippen LogP contribution in [0.3, 0.4) is 0 Å². The lowest BCUT2D eigenvalue weighted by Crippen LogP contribution is -2.20. The average molecular weight is 438 g/mol. The lowest BCUT2D eigenvalue weighted by Gasteiger charge is -2.13. The summed E-state index contributed by atoms with van der Waals surface area (Å²) in [5, 5.41) is 19.9. The van der Waals surface area contributed by atoms with Gasteiger partial charge in [-0.15, -0.1) is 10.2 Å². The third kappa shape index (κ3) is 4.92. The van der Waals surface area contributed by atoms with E-state index in [0.29, 0.717) is 22.5 Å². The number of aliphatic hydroxyl groups is 1. The Morgan fingerprint density at radius 2 is 1.77 bits per heavy atom. The van der Waals surface area contributed by atoms with Crippen LogP contribution in [0, 0.1) is 6.92 Å². The highest BCUT2D eigenvalue weighted by atomic mass is 32.2. The average Bonchev–Trinajstić information content (AvgIpc) is 3.42. The number of aliphatic hydroxyl groups excluding tert-OH is 1. The van der Waals surface area contributed by atoms with Gasteiger partial charge >= 0.3 is 0 Å². The summed E-state index contributed by atoms with van der Waals surface area (Å²) < 4.78 is 18.2. The molecule has 0 spiro atoms. The van der Waals surface area contributed by atoms with Gasteiger partial charge in [0.15, 0.2) is 11.0 Å². The van der Waals surface area contributed by atoms with Gasteiger partial charge in [0, 0.05) is 11.4 Å². The van der Waals surface area contributed by atoms with E-state index in [-0.39, 0.29) is 6.61 Å². The van der Waals surface area contributed by atoms with E-state index >= 15 is 0 Å². The molecule has 0 radical (unpaired) electrons. The smallest absolute Gasteiger partial charge is 0.196 e. The van der Waals surface area contributed by atoms with E-state index in [4.69, 9.17) is 13.9 Å². The quantitative estimate of drug-likeness (QED) is 0.389. The first-order chi connectivity index (χ1) is 15.2. The van der Waals surface area contributed by atoms with E-state index in [0.717, 1.165) is 22.8 Å². The van der Waals surface area contributed by atoms with Gasteiger partial charge in [0.1, 0.15) is 23.9 Å². The first-order valence-electron chi connectivity index (χ1n) is 9.78. The molecule has 8 heteroatoms. The molecule has 0 bridgehead atoms. The first kappa shape index (κ1) is 21.0. The molecule has 1 atom stereocenters. The molecule has 4 aromatic rings. The van der Waals surface area contributed by atoms with Crippen LogP contribution in [0.4, 0.5) is 0 Å². The Morgan fingerprint density at radius 3 is 2.45 bits per heavy atom. The number of methoxy groups -OCH3 is 1. The van der Waals surface area contributed by atoms with Crippen LogP contribution in [0.15, 0.2) is 76.5 Å². The zero-order valence-electron chi connectivity index (χ0n) is 17.3. The number of thioether (sulfide) groups is 1. The molecule has 2 heterocycles. The number of aryl methyl sites for hydroxylation is 1. The summed E-state index contributed by atoms with van der Waals surface area (Å²) in [5.41, 5.74) is 1.82. The van der Waals surface area contributed by atoms with Crippen LogP contribution in [0.5, 0.6) is 11.5 Å². The molecule has 0 aliphatic heterocycles. The van der Waals surface area contributed by atoms with Gasteiger partial charge in [0.2, 0.25) is 0 Å². The Balaban J connectivity index is 1.46. The summed E-state index contributed by atoms with van der Waals surface area (Å²) in [6.07, 6.45) is 0.967. The van der Waals surface area contributed by atoms with Crippen molar-refractivity contribution in [3.05, 3.63) is 72.7 Å². The number of nitrogens with zero attached hydrogens (tertiary/aromatic N) is 3. The van der Waals surface area contributed by atoms with Gasteiger partial charge in [-0.2, -0.15) is 0 Å². The Bertz CT molecular complexity index is 1110. The molecular formula is C23H23N3O4S. The molecule has 1 unspecified atom stereocenters. The molecule has 160 valence electrons. The Kier molecular flexibility index (Phi) is 6.59. The Labute approximate surface area is 184 Å². The summed E-state index contributed by atoms with van der Waals surface area (Å²) >= 11 is 1.42. The van der Waals surface area contributed by atoms with Crippen molar-refractivity contribution >= 4 is 11.8 Å². The molecular weight excluding hydrogens is 414 g/mol. The van der Waals surface area contributed by atoms with Gasteiger partial charge in [-0.05, 0) is 49.4 Å². The fraction of sp³-hybridized carbons (Fsp3) is 0.217. The van der Waals surface area contributed by atoms with Gasteiger partial charge in [0.05, 0.1) is 25.0 Å². The second-order valence-corrected chi connectivity index (χ2v) is 7.81. The van der Waals surface area contributed by atoms with Crippen molar-refractivity contribution in [2.75, 3.05) is 19.5 Å². The van der Waals surface area contributed by atoms with Crippen LogP contribution >= 0.6 is 11.8 Å². The molecule has 0 amide bonds. The summed E-state index contributed by atoms with van der Waals surface area (Å²) in [4.78, 5) is 0. The van der Waals surface area contributed by atoms with Crippen LogP contribution in [0.25, 0.3) is 17.1 Å². The van der Waals surface area contributed by atoms with Crippen LogP contribution in [-0.4, -0.2) is 45.4 Å². The van der Waals surface area contributed by atoms with Crippen molar-refractivity contribution in [2.24, 2.45) is 0 Å². The van der Waals surface area contributed by atoms with Crippen molar-refractivity contribution in [1.29, 1.82) is 0 Å². The molecule has 1 N–H and O–H groups in total. The van der Waals surface area contributed by atoms with Crippen molar-refractivity contribution in [3.8, 4) is 28.6 Å². The SMILES string of the molecule is COc1ccc(OCC(O)CSc2nnc(-c3ccoc3C)n2-c2ccccc2)cc1. The number of benzene rings is 2. The van der Waals surface area contributed by atoms with Gasteiger partial charge in [-0.3, -0.25) is 4.57 Å². The van der Waals surface area contributed by atoms with Crippen LogP contribution in [-0.2, 0) is 0 Å². The molecule has 0 aliphatic carbocycles. The summed E-state index contributed by atoms with van der Waals surface area (Å²) in [6, 6.07) is 19.0. The monoisotopic (exact) mass is 437 g/mol. The third-order valence-electron chi connectivity index (χ3n) is 4.65. The number of hydrogen-bond donors (Lipinski definition) is 1. The van der Waals surface area contributed by atoms with Crippen molar-refractivity contribution in [3.63, 3.8) is 0 Å². The molecule has 7 nitrogen and oxygen atoms in total. The standard InChI is InChI=1S/C23H23N3O4S/c1-16-21(12-13-29-16)22-24-25-23(26(22)17-6-4-3-5-7-17)31-15-18(27)14-30-20-10-8-19(28-2)9-11-20/h3-13,18,27H,14-15H2,1-2H3. The first-order valence-corrected chi connectivity index (χ1v) is 10.8. The predicted octanol–water partition coefficient (Wildman–Crippen LogP) is 4.38. The predicted molar refractivity (Wildman–Crippen MR) is 119 cm³/mol. The van der Waals surface area contributed by atoms with Crippen molar-refractivity contribution < 1.29 is 19.0 Å². The van der Waals surface area contributed by atoms with Gasteiger partial charge in [0.25, 0.3) is 0 Å². The zero-order chi connectivity index (χ0) is 21.6.